The summed E-state index contributed by atoms with van der Waals surface area (Å²) in [7, 11) is -3.52. The molecule has 0 radical (unpaired) electrons. The second kappa shape index (κ2) is 9.60. The van der Waals surface area contributed by atoms with E-state index >= 15 is 0 Å². The number of amides is 1. The molecule has 1 heterocycles. The van der Waals surface area contributed by atoms with Crippen molar-refractivity contribution >= 4 is 21.6 Å². The molecule has 32 heavy (non-hydrogen) atoms. The lowest BCUT2D eigenvalue weighted by atomic mass is 10.1. The SMILES string of the molecule is CCOc1ccc(NC(=O)C(C)N2CCN(S(=O)(=O)c3ccc4c(c3)CCC4)CC2)cc1. The van der Waals surface area contributed by atoms with Crippen LogP contribution in [0.25, 0.3) is 0 Å². The van der Waals surface area contributed by atoms with E-state index in [1.807, 2.05) is 55.1 Å². The average Bonchev–Trinajstić information content (AvgIpc) is 3.28. The standard InChI is InChI=1S/C24H31N3O4S/c1-3-31-22-10-8-21(9-11-22)25-24(28)18(2)26-13-15-27(16-14-26)32(29,30)23-12-7-19-5-4-6-20(19)17-23/h7-12,17-18H,3-6,13-16H2,1-2H3,(H,25,28). The zero-order valence-electron chi connectivity index (χ0n) is 18.7. The number of fused-ring (bicyclic) bond motifs is 1. The number of rotatable bonds is 7. The van der Waals surface area contributed by atoms with Crippen molar-refractivity contribution in [3.8, 4) is 5.75 Å². The van der Waals surface area contributed by atoms with E-state index in [1.165, 1.54) is 9.87 Å². The van der Waals surface area contributed by atoms with Gasteiger partial charge in [0.05, 0.1) is 17.5 Å². The molecule has 2 aromatic carbocycles. The van der Waals surface area contributed by atoms with Gasteiger partial charge in [0.15, 0.2) is 0 Å². The fraction of sp³-hybridized carbons (Fsp3) is 0.458. The monoisotopic (exact) mass is 457 g/mol. The topological polar surface area (TPSA) is 79.0 Å². The Morgan fingerprint density at radius 3 is 2.41 bits per heavy atom. The van der Waals surface area contributed by atoms with E-state index in [-0.39, 0.29) is 11.9 Å². The first kappa shape index (κ1) is 22.8. The van der Waals surface area contributed by atoms with Gasteiger partial charge >= 0.3 is 0 Å². The lowest BCUT2D eigenvalue weighted by Crippen LogP contribution is -2.53. The lowest BCUT2D eigenvalue weighted by Gasteiger charge is -2.36. The Hall–Kier alpha value is -2.42. The second-order valence-electron chi connectivity index (χ2n) is 8.35. The van der Waals surface area contributed by atoms with Crippen LogP contribution in [0.1, 0.15) is 31.4 Å². The van der Waals surface area contributed by atoms with Gasteiger partial charge in [-0.15, -0.1) is 0 Å². The third-order valence-electron chi connectivity index (χ3n) is 6.34. The summed E-state index contributed by atoms with van der Waals surface area (Å²) in [5.74, 6) is 0.656. The minimum absolute atomic E-state index is 0.107. The summed E-state index contributed by atoms with van der Waals surface area (Å²) in [4.78, 5) is 15.1. The van der Waals surface area contributed by atoms with Crippen LogP contribution in [0.4, 0.5) is 5.69 Å². The molecule has 1 saturated heterocycles. The highest BCUT2D eigenvalue weighted by atomic mass is 32.2. The van der Waals surface area contributed by atoms with Gasteiger partial charge in [-0.2, -0.15) is 4.31 Å². The van der Waals surface area contributed by atoms with Crippen LogP contribution in [-0.2, 0) is 27.7 Å². The van der Waals surface area contributed by atoms with Crippen LogP contribution in [0.5, 0.6) is 5.75 Å². The summed E-state index contributed by atoms with van der Waals surface area (Å²) < 4.78 is 33.2. The van der Waals surface area contributed by atoms with Gasteiger partial charge in [-0.25, -0.2) is 8.42 Å². The van der Waals surface area contributed by atoms with Gasteiger partial charge in [-0.05, 0) is 80.6 Å². The third-order valence-corrected chi connectivity index (χ3v) is 8.24. The fourth-order valence-electron chi connectivity index (χ4n) is 4.40. The molecule has 7 nitrogen and oxygen atoms in total. The Morgan fingerprint density at radius 1 is 1.03 bits per heavy atom. The predicted molar refractivity (Wildman–Crippen MR) is 125 cm³/mol. The van der Waals surface area contributed by atoms with E-state index in [9.17, 15) is 13.2 Å². The summed E-state index contributed by atoms with van der Waals surface area (Å²) in [6, 6.07) is 12.5. The normalized spacial score (nSPS) is 18.2. The molecule has 1 amide bonds. The van der Waals surface area contributed by atoms with E-state index in [4.69, 9.17) is 4.74 Å². The van der Waals surface area contributed by atoms with Crippen molar-refractivity contribution in [2.24, 2.45) is 0 Å². The number of benzene rings is 2. The van der Waals surface area contributed by atoms with Gasteiger partial charge in [-0.1, -0.05) is 6.07 Å². The molecule has 0 spiro atoms. The van der Waals surface area contributed by atoms with Gasteiger partial charge in [0, 0.05) is 31.9 Å². The molecule has 1 atom stereocenters. The van der Waals surface area contributed by atoms with Gasteiger partial charge in [0.25, 0.3) is 0 Å². The number of aryl methyl sites for hydroxylation is 2. The molecule has 4 rings (SSSR count). The summed E-state index contributed by atoms with van der Waals surface area (Å²) in [6.45, 7) is 6.16. The quantitative estimate of drug-likeness (QED) is 0.692. The number of nitrogens with one attached hydrogen (secondary N) is 1. The molecule has 2 aliphatic rings. The van der Waals surface area contributed by atoms with Crippen LogP contribution in [0.3, 0.4) is 0 Å². The van der Waals surface area contributed by atoms with E-state index in [0.29, 0.717) is 43.4 Å². The lowest BCUT2D eigenvalue weighted by molar-refractivity contribution is -0.121. The van der Waals surface area contributed by atoms with Crippen molar-refractivity contribution in [1.82, 2.24) is 9.21 Å². The number of piperazine rings is 1. The Balaban J connectivity index is 1.33. The largest absolute Gasteiger partial charge is 0.494 e. The Kier molecular flexibility index (Phi) is 6.83. The van der Waals surface area contributed by atoms with Crippen LogP contribution in [0.15, 0.2) is 47.4 Å². The fourth-order valence-corrected chi connectivity index (χ4v) is 5.88. The molecule has 1 aliphatic heterocycles. The molecule has 0 aromatic heterocycles. The van der Waals surface area contributed by atoms with Crippen LogP contribution in [-0.4, -0.2) is 62.4 Å². The number of anilines is 1. The van der Waals surface area contributed by atoms with Crippen LogP contribution >= 0.6 is 0 Å². The van der Waals surface area contributed by atoms with Crippen molar-refractivity contribution < 1.29 is 17.9 Å². The minimum Gasteiger partial charge on any atom is -0.494 e. The first-order chi connectivity index (χ1) is 15.4. The van der Waals surface area contributed by atoms with Crippen molar-refractivity contribution in [2.75, 3.05) is 38.1 Å². The van der Waals surface area contributed by atoms with Crippen molar-refractivity contribution in [2.45, 2.75) is 44.0 Å². The van der Waals surface area contributed by atoms with E-state index in [1.54, 1.807) is 6.07 Å². The summed E-state index contributed by atoms with van der Waals surface area (Å²) in [5, 5.41) is 2.93. The maximum atomic E-state index is 13.1. The number of carbonyl (C=O) groups excluding carboxylic acids is 1. The summed E-state index contributed by atoms with van der Waals surface area (Å²) in [6.07, 6.45) is 3.08. The first-order valence-electron chi connectivity index (χ1n) is 11.3. The van der Waals surface area contributed by atoms with E-state index in [0.717, 1.165) is 30.6 Å². The molecular formula is C24H31N3O4S. The Bertz CT molecular complexity index is 1060. The molecule has 8 heteroatoms. The minimum atomic E-state index is -3.52. The molecule has 0 bridgehead atoms. The van der Waals surface area contributed by atoms with Crippen LogP contribution in [0.2, 0.25) is 0 Å². The number of sulfonamides is 1. The maximum absolute atomic E-state index is 13.1. The second-order valence-corrected chi connectivity index (χ2v) is 10.3. The molecular weight excluding hydrogens is 426 g/mol. The van der Waals surface area contributed by atoms with Gasteiger partial charge in [0.2, 0.25) is 15.9 Å². The number of hydrogen-bond donors (Lipinski definition) is 1. The molecule has 1 aliphatic carbocycles. The molecule has 0 saturated carbocycles. The van der Waals surface area contributed by atoms with Crippen LogP contribution < -0.4 is 10.1 Å². The maximum Gasteiger partial charge on any atom is 0.243 e. The number of hydrogen-bond acceptors (Lipinski definition) is 5. The van der Waals surface area contributed by atoms with E-state index in [2.05, 4.69) is 5.32 Å². The van der Waals surface area contributed by atoms with Crippen molar-refractivity contribution in [1.29, 1.82) is 0 Å². The molecule has 172 valence electrons. The predicted octanol–water partition coefficient (Wildman–Crippen LogP) is 2.91. The third kappa shape index (κ3) is 4.82. The highest BCUT2D eigenvalue weighted by Crippen LogP contribution is 2.27. The molecule has 1 fully saturated rings. The van der Waals surface area contributed by atoms with Crippen molar-refractivity contribution in [3.05, 3.63) is 53.6 Å². The zero-order chi connectivity index (χ0) is 22.7. The molecule has 1 unspecified atom stereocenters. The van der Waals surface area contributed by atoms with Crippen LogP contribution in [0, 0.1) is 0 Å². The number of nitrogens with zero attached hydrogens (tertiary/aromatic N) is 2. The smallest absolute Gasteiger partial charge is 0.243 e. The van der Waals surface area contributed by atoms with Gasteiger partial charge < -0.3 is 10.1 Å². The zero-order valence-corrected chi connectivity index (χ0v) is 19.5. The average molecular weight is 458 g/mol. The number of carbonyl (C=O) groups is 1. The highest BCUT2D eigenvalue weighted by molar-refractivity contribution is 7.89. The highest BCUT2D eigenvalue weighted by Gasteiger charge is 2.32. The van der Waals surface area contributed by atoms with Gasteiger partial charge in [-0.3, -0.25) is 9.69 Å². The molecule has 1 N–H and O–H groups in total. The molecule has 2 aromatic rings. The summed E-state index contributed by atoms with van der Waals surface area (Å²) >= 11 is 0. The Morgan fingerprint density at radius 2 is 1.72 bits per heavy atom. The van der Waals surface area contributed by atoms with Gasteiger partial charge in [0.1, 0.15) is 5.75 Å². The van der Waals surface area contributed by atoms with E-state index < -0.39 is 10.0 Å². The van der Waals surface area contributed by atoms with Crippen molar-refractivity contribution in [3.63, 3.8) is 0 Å². The Labute approximate surface area is 190 Å². The number of ether oxygens (including phenoxy) is 1. The first-order valence-corrected chi connectivity index (χ1v) is 12.7. The summed E-state index contributed by atoms with van der Waals surface area (Å²) in [5.41, 5.74) is 3.13.